The van der Waals surface area contributed by atoms with Crippen molar-refractivity contribution in [2.24, 2.45) is 0 Å². The molecule has 128 valence electrons. The van der Waals surface area contributed by atoms with Crippen LogP contribution in [0, 0.1) is 0 Å². The molecule has 0 bridgehead atoms. The van der Waals surface area contributed by atoms with Gasteiger partial charge in [-0.25, -0.2) is 9.78 Å². The monoisotopic (exact) mass is 351 g/mol. The molecule has 0 atom stereocenters. The summed E-state index contributed by atoms with van der Waals surface area (Å²) in [5, 5.41) is 26.3. The number of phenolic OH excluding ortho intramolecular Hbond substituents is 1. The number of carbonyl (C=O) groups is 1. The lowest BCUT2D eigenvalue weighted by molar-refractivity contribution is -0.131. The maximum absolute atomic E-state index is 11.5. The molecule has 0 radical (unpaired) electrons. The van der Waals surface area contributed by atoms with Crippen LogP contribution in [0.25, 0.3) is 6.08 Å². The van der Waals surface area contributed by atoms with Gasteiger partial charge in [-0.3, -0.25) is 5.10 Å². The predicted octanol–water partition coefficient (Wildman–Crippen LogP) is 2.31. The number of nitrogens with one attached hydrogen (secondary N) is 1. The van der Waals surface area contributed by atoms with E-state index in [9.17, 15) is 15.0 Å². The molecule has 3 N–H and O–H groups in total. The minimum atomic E-state index is -1.12. The van der Waals surface area contributed by atoms with Gasteiger partial charge in [0.2, 0.25) is 10.9 Å². The summed E-state index contributed by atoms with van der Waals surface area (Å²) >= 11 is 0.923. The number of thioether (sulfide) groups is 1. The van der Waals surface area contributed by atoms with E-state index in [1.165, 1.54) is 32.4 Å². The van der Waals surface area contributed by atoms with Crippen LogP contribution in [-0.2, 0) is 11.2 Å². The first kappa shape index (κ1) is 17.7. The molecule has 0 fully saturated rings. The number of hydrogen-bond acceptors (Lipinski definition) is 7. The molecule has 0 spiro atoms. The van der Waals surface area contributed by atoms with Gasteiger partial charge in [0.05, 0.1) is 14.2 Å². The predicted molar refractivity (Wildman–Crippen MR) is 88.4 cm³/mol. The number of aliphatic carboxylic acids is 1. The zero-order valence-electron chi connectivity index (χ0n) is 13.4. The third-order valence-corrected chi connectivity index (χ3v) is 3.94. The van der Waals surface area contributed by atoms with E-state index in [1.54, 1.807) is 0 Å². The van der Waals surface area contributed by atoms with Crippen molar-refractivity contribution < 1.29 is 24.5 Å². The van der Waals surface area contributed by atoms with E-state index < -0.39 is 5.97 Å². The molecule has 2 rings (SSSR count). The second kappa shape index (κ2) is 7.73. The Labute approximate surface area is 142 Å². The average molecular weight is 351 g/mol. The number of nitrogens with zero attached hydrogens (tertiary/aromatic N) is 2. The molecule has 1 aromatic carbocycles. The number of carboxylic acids is 1. The van der Waals surface area contributed by atoms with Crippen molar-refractivity contribution in [3.05, 3.63) is 28.4 Å². The van der Waals surface area contributed by atoms with Crippen molar-refractivity contribution in [2.75, 3.05) is 14.2 Å². The van der Waals surface area contributed by atoms with Crippen molar-refractivity contribution >= 4 is 23.8 Å². The number of ether oxygens (including phenoxy) is 2. The highest BCUT2D eigenvalue weighted by atomic mass is 32.2. The number of aromatic hydroxyl groups is 1. The lowest BCUT2D eigenvalue weighted by Gasteiger charge is -2.10. The maximum atomic E-state index is 11.5. The van der Waals surface area contributed by atoms with E-state index >= 15 is 0 Å². The van der Waals surface area contributed by atoms with Crippen molar-refractivity contribution in [2.45, 2.75) is 18.5 Å². The number of carboxylic acid groups (broad SMARTS) is 1. The second-order valence-electron chi connectivity index (χ2n) is 4.61. The molecule has 0 aliphatic heterocycles. The fraction of sp³-hybridized carbons (Fsp3) is 0.267. The number of hydrogen-bond donors (Lipinski definition) is 3. The number of benzene rings is 1. The summed E-state index contributed by atoms with van der Waals surface area (Å²) in [6.45, 7) is 1.91. The minimum Gasteiger partial charge on any atom is -0.502 e. The van der Waals surface area contributed by atoms with Gasteiger partial charge in [-0.1, -0.05) is 6.92 Å². The first-order chi connectivity index (χ1) is 11.5. The largest absolute Gasteiger partial charge is 0.502 e. The smallest absolute Gasteiger partial charge is 0.342 e. The van der Waals surface area contributed by atoms with Gasteiger partial charge in [0.1, 0.15) is 10.7 Å². The standard InChI is InChI=1S/C15H17N3O5S/c1-4-12-16-15(18-17-12)24-11(14(20)21)7-8-5-9(22-2)13(19)10(6-8)23-3/h5-7,19H,4H2,1-3H3,(H,20,21)(H,16,17,18)/b11-7-. The summed E-state index contributed by atoms with van der Waals surface area (Å²) in [5.41, 5.74) is 0.498. The van der Waals surface area contributed by atoms with Crippen LogP contribution in [-0.4, -0.2) is 45.6 Å². The van der Waals surface area contributed by atoms with Crippen molar-refractivity contribution in [3.63, 3.8) is 0 Å². The first-order valence-electron chi connectivity index (χ1n) is 6.97. The van der Waals surface area contributed by atoms with Crippen LogP contribution in [0.1, 0.15) is 18.3 Å². The van der Waals surface area contributed by atoms with Gasteiger partial charge in [0.25, 0.3) is 0 Å². The fourth-order valence-corrected chi connectivity index (χ4v) is 2.59. The highest BCUT2D eigenvalue weighted by Gasteiger charge is 2.16. The number of aryl methyl sites for hydroxylation is 1. The molecule has 0 aliphatic rings. The van der Waals surface area contributed by atoms with E-state index in [2.05, 4.69) is 15.2 Å². The molecular weight excluding hydrogens is 334 g/mol. The molecule has 0 saturated carbocycles. The van der Waals surface area contributed by atoms with Crippen LogP contribution in [0.2, 0.25) is 0 Å². The normalized spacial score (nSPS) is 11.4. The molecule has 0 amide bonds. The Hall–Kier alpha value is -2.68. The lowest BCUT2D eigenvalue weighted by atomic mass is 10.1. The Morgan fingerprint density at radius 3 is 2.42 bits per heavy atom. The molecule has 0 aliphatic carbocycles. The third-order valence-electron chi connectivity index (χ3n) is 3.06. The zero-order valence-corrected chi connectivity index (χ0v) is 14.2. The van der Waals surface area contributed by atoms with E-state index in [0.29, 0.717) is 23.0 Å². The number of methoxy groups -OCH3 is 2. The number of H-pyrrole nitrogens is 1. The second-order valence-corrected chi connectivity index (χ2v) is 5.62. The number of aromatic nitrogens is 3. The van der Waals surface area contributed by atoms with Crippen LogP contribution in [0.3, 0.4) is 0 Å². The summed E-state index contributed by atoms with van der Waals surface area (Å²) < 4.78 is 10.1. The molecule has 0 saturated heterocycles. The molecule has 8 nitrogen and oxygen atoms in total. The Balaban J connectivity index is 2.38. The van der Waals surface area contributed by atoms with Crippen LogP contribution in [0.5, 0.6) is 17.2 Å². The zero-order chi connectivity index (χ0) is 17.7. The Kier molecular flexibility index (Phi) is 5.69. The topological polar surface area (TPSA) is 118 Å². The molecule has 1 aromatic heterocycles. The minimum absolute atomic E-state index is 0.0199. The van der Waals surface area contributed by atoms with Gasteiger partial charge in [0, 0.05) is 6.42 Å². The number of phenols is 1. The molecule has 1 heterocycles. The van der Waals surface area contributed by atoms with Crippen LogP contribution >= 0.6 is 11.8 Å². The van der Waals surface area contributed by atoms with E-state index in [-0.39, 0.29) is 22.2 Å². The SMILES string of the molecule is CCc1nc(S/C(=C\c2cc(OC)c(O)c(OC)c2)C(=O)O)n[nH]1. The molecule has 24 heavy (non-hydrogen) atoms. The van der Waals surface area contributed by atoms with Crippen LogP contribution in [0.15, 0.2) is 22.2 Å². The molecule has 0 unspecified atom stereocenters. The van der Waals surface area contributed by atoms with Gasteiger partial charge < -0.3 is 19.7 Å². The van der Waals surface area contributed by atoms with Gasteiger partial charge in [-0.05, 0) is 35.5 Å². The Morgan fingerprint density at radius 2 is 1.96 bits per heavy atom. The van der Waals surface area contributed by atoms with E-state index in [4.69, 9.17) is 9.47 Å². The molecule has 2 aromatic rings. The summed E-state index contributed by atoms with van der Waals surface area (Å²) in [6.07, 6.45) is 2.10. The molecule has 9 heteroatoms. The highest BCUT2D eigenvalue weighted by molar-refractivity contribution is 8.04. The van der Waals surface area contributed by atoms with E-state index in [1.807, 2.05) is 6.92 Å². The van der Waals surface area contributed by atoms with Crippen LogP contribution < -0.4 is 9.47 Å². The van der Waals surface area contributed by atoms with Gasteiger partial charge in [-0.15, -0.1) is 5.10 Å². The summed E-state index contributed by atoms with van der Waals surface area (Å²) in [5.74, 6) is -0.227. The highest BCUT2D eigenvalue weighted by Crippen LogP contribution is 2.38. The Morgan fingerprint density at radius 1 is 1.33 bits per heavy atom. The van der Waals surface area contributed by atoms with Gasteiger partial charge in [-0.2, -0.15) is 0 Å². The quantitative estimate of drug-likeness (QED) is 0.514. The van der Waals surface area contributed by atoms with Gasteiger partial charge >= 0.3 is 5.97 Å². The van der Waals surface area contributed by atoms with Crippen molar-refractivity contribution in [1.29, 1.82) is 0 Å². The maximum Gasteiger partial charge on any atom is 0.342 e. The van der Waals surface area contributed by atoms with Crippen LogP contribution in [0.4, 0.5) is 0 Å². The van der Waals surface area contributed by atoms with Crippen molar-refractivity contribution in [1.82, 2.24) is 15.2 Å². The van der Waals surface area contributed by atoms with E-state index in [0.717, 1.165) is 11.8 Å². The number of rotatable bonds is 7. The summed E-state index contributed by atoms with van der Waals surface area (Å²) in [6, 6.07) is 3.02. The fourth-order valence-electron chi connectivity index (χ4n) is 1.86. The number of aromatic amines is 1. The summed E-state index contributed by atoms with van der Waals surface area (Å²) in [7, 11) is 2.80. The molecular formula is C15H17N3O5S. The summed E-state index contributed by atoms with van der Waals surface area (Å²) in [4.78, 5) is 15.7. The average Bonchev–Trinajstić information content (AvgIpc) is 3.03. The lowest BCUT2D eigenvalue weighted by Crippen LogP contribution is -1.98. The third kappa shape index (κ3) is 3.99. The van der Waals surface area contributed by atoms with Gasteiger partial charge in [0.15, 0.2) is 11.5 Å². The first-order valence-corrected chi connectivity index (χ1v) is 7.79. The Bertz CT molecular complexity index is 747. The van der Waals surface area contributed by atoms with Crippen molar-refractivity contribution in [3.8, 4) is 17.2 Å².